The van der Waals surface area contributed by atoms with Crippen molar-refractivity contribution in [1.29, 1.82) is 0 Å². The van der Waals surface area contributed by atoms with Gasteiger partial charge >= 0.3 is 5.69 Å². The smallest absolute Gasteiger partial charge is 0.332 e. The van der Waals surface area contributed by atoms with Crippen LogP contribution in [0.3, 0.4) is 0 Å². The molecule has 0 atom stereocenters. The van der Waals surface area contributed by atoms with Crippen LogP contribution in [0.25, 0.3) is 0 Å². The minimum absolute atomic E-state index is 0.0571. The van der Waals surface area contributed by atoms with Gasteiger partial charge in [0.05, 0.1) is 0 Å². The predicted molar refractivity (Wildman–Crippen MR) is 55.6 cm³/mol. The molecule has 0 fully saturated rings. The second kappa shape index (κ2) is 3.60. The van der Waals surface area contributed by atoms with Crippen molar-refractivity contribution in [2.75, 3.05) is 11.1 Å². The SMILES string of the molecule is CC(=O)Nc1c(N)n(C)c(=O)n(C)c1=O. The summed E-state index contributed by atoms with van der Waals surface area (Å²) in [4.78, 5) is 33.8. The minimum atomic E-state index is -0.620. The molecule has 0 spiro atoms. The van der Waals surface area contributed by atoms with E-state index in [4.69, 9.17) is 5.73 Å². The fourth-order valence-electron chi connectivity index (χ4n) is 1.15. The van der Waals surface area contributed by atoms with Crippen LogP contribution in [0.4, 0.5) is 11.5 Å². The molecule has 0 aliphatic rings. The molecule has 1 amide bonds. The molecule has 0 aliphatic heterocycles. The van der Waals surface area contributed by atoms with Crippen molar-refractivity contribution in [2.45, 2.75) is 6.92 Å². The Balaban J connectivity index is 3.60. The molecule has 7 heteroatoms. The minimum Gasteiger partial charge on any atom is -0.383 e. The van der Waals surface area contributed by atoms with Crippen molar-refractivity contribution in [3.05, 3.63) is 20.8 Å². The summed E-state index contributed by atoms with van der Waals surface area (Å²) in [5, 5.41) is 2.29. The third-order valence-corrected chi connectivity index (χ3v) is 2.01. The summed E-state index contributed by atoms with van der Waals surface area (Å²) in [6.07, 6.45) is 0. The number of anilines is 2. The largest absolute Gasteiger partial charge is 0.383 e. The van der Waals surface area contributed by atoms with Gasteiger partial charge < -0.3 is 11.1 Å². The summed E-state index contributed by atoms with van der Waals surface area (Å²) in [6.45, 7) is 1.25. The average molecular weight is 212 g/mol. The van der Waals surface area contributed by atoms with Gasteiger partial charge in [-0.25, -0.2) is 4.79 Å². The second-order valence-corrected chi connectivity index (χ2v) is 3.15. The third kappa shape index (κ3) is 1.76. The first-order valence-electron chi connectivity index (χ1n) is 4.19. The number of aromatic nitrogens is 2. The summed E-state index contributed by atoms with van der Waals surface area (Å²) in [5.41, 5.74) is 4.30. The number of amides is 1. The number of carbonyl (C=O) groups is 1. The number of hydrogen-bond acceptors (Lipinski definition) is 4. The van der Waals surface area contributed by atoms with Gasteiger partial charge in [0, 0.05) is 21.0 Å². The Morgan fingerprint density at radius 1 is 1.27 bits per heavy atom. The van der Waals surface area contributed by atoms with E-state index in [1.807, 2.05) is 0 Å². The third-order valence-electron chi connectivity index (χ3n) is 2.01. The number of nitrogens with one attached hydrogen (secondary N) is 1. The Bertz CT molecular complexity index is 526. The number of carbonyl (C=O) groups excluding carboxylic acids is 1. The molecule has 1 aromatic rings. The van der Waals surface area contributed by atoms with E-state index in [0.29, 0.717) is 0 Å². The van der Waals surface area contributed by atoms with Crippen LogP contribution in [0, 0.1) is 0 Å². The van der Waals surface area contributed by atoms with Gasteiger partial charge in [-0.3, -0.25) is 18.7 Å². The standard InChI is InChI=1S/C8H12N4O3/c1-4(13)10-5-6(9)11(2)8(15)12(3)7(5)14/h9H2,1-3H3,(H,10,13). The van der Waals surface area contributed by atoms with Gasteiger partial charge in [-0.1, -0.05) is 0 Å². The number of nitrogen functional groups attached to an aromatic ring is 1. The van der Waals surface area contributed by atoms with Crippen LogP contribution in [0.2, 0.25) is 0 Å². The van der Waals surface area contributed by atoms with Gasteiger partial charge in [-0.2, -0.15) is 0 Å². The first-order chi connectivity index (χ1) is 6.86. The van der Waals surface area contributed by atoms with Crippen LogP contribution in [-0.4, -0.2) is 15.0 Å². The zero-order valence-electron chi connectivity index (χ0n) is 8.70. The van der Waals surface area contributed by atoms with Gasteiger partial charge in [-0.05, 0) is 0 Å². The Morgan fingerprint density at radius 2 is 1.80 bits per heavy atom. The maximum atomic E-state index is 11.6. The van der Waals surface area contributed by atoms with Crippen LogP contribution >= 0.6 is 0 Å². The second-order valence-electron chi connectivity index (χ2n) is 3.15. The lowest BCUT2D eigenvalue weighted by molar-refractivity contribution is -0.114. The van der Waals surface area contributed by atoms with E-state index in [9.17, 15) is 14.4 Å². The summed E-state index contributed by atoms with van der Waals surface area (Å²) in [6, 6.07) is 0. The van der Waals surface area contributed by atoms with Gasteiger partial charge in [0.1, 0.15) is 11.5 Å². The Kier molecular flexibility index (Phi) is 2.65. The molecule has 1 aromatic heterocycles. The van der Waals surface area contributed by atoms with Gasteiger partial charge in [0.15, 0.2) is 0 Å². The molecule has 7 nitrogen and oxygen atoms in total. The Labute approximate surface area is 85.1 Å². The number of rotatable bonds is 1. The van der Waals surface area contributed by atoms with Crippen molar-refractivity contribution >= 4 is 17.4 Å². The molecule has 0 saturated heterocycles. The molecule has 0 aliphatic carbocycles. The molecule has 1 heterocycles. The summed E-state index contributed by atoms with van der Waals surface area (Å²) < 4.78 is 1.97. The molecule has 0 saturated carbocycles. The first-order valence-corrected chi connectivity index (χ1v) is 4.19. The van der Waals surface area contributed by atoms with Crippen molar-refractivity contribution < 1.29 is 4.79 Å². The highest BCUT2D eigenvalue weighted by Gasteiger charge is 2.13. The quantitative estimate of drug-likeness (QED) is 0.599. The lowest BCUT2D eigenvalue weighted by atomic mass is 10.4. The fraction of sp³-hybridized carbons (Fsp3) is 0.375. The van der Waals surface area contributed by atoms with Gasteiger partial charge in [0.2, 0.25) is 5.91 Å². The van der Waals surface area contributed by atoms with Crippen molar-refractivity contribution in [3.63, 3.8) is 0 Å². The van der Waals surface area contributed by atoms with Crippen LogP contribution in [0.1, 0.15) is 6.92 Å². The molecule has 0 aromatic carbocycles. The van der Waals surface area contributed by atoms with E-state index in [2.05, 4.69) is 5.32 Å². The molecule has 0 bridgehead atoms. The zero-order chi connectivity index (χ0) is 11.7. The lowest BCUT2D eigenvalue weighted by Gasteiger charge is -2.10. The maximum absolute atomic E-state index is 11.6. The molecular weight excluding hydrogens is 200 g/mol. The monoisotopic (exact) mass is 212 g/mol. The summed E-state index contributed by atoms with van der Waals surface area (Å²) >= 11 is 0. The molecule has 3 N–H and O–H groups in total. The zero-order valence-corrected chi connectivity index (χ0v) is 8.70. The first kappa shape index (κ1) is 11.0. The number of nitrogens with zero attached hydrogens (tertiary/aromatic N) is 2. The molecule has 0 radical (unpaired) electrons. The van der Waals surface area contributed by atoms with Crippen molar-refractivity contribution in [3.8, 4) is 0 Å². The van der Waals surface area contributed by atoms with E-state index in [1.165, 1.54) is 21.0 Å². The Hall–Kier alpha value is -2.05. The normalized spacial score (nSPS) is 10.1. The molecule has 0 unspecified atom stereocenters. The lowest BCUT2D eigenvalue weighted by Crippen LogP contribution is -2.40. The van der Waals surface area contributed by atoms with Gasteiger partial charge in [-0.15, -0.1) is 0 Å². The van der Waals surface area contributed by atoms with Crippen LogP contribution < -0.4 is 22.3 Å². The van der Waals surface area contributed by atoms with Crippen molar-refractivity contribution in [2.24, 2.45) is 14.1 Å². The van der Waals surface area contributed by atoms with E-state index in [-0.39, 0.29) is 11.5 Å². The molecule has 82 valence electrons. The van der Waals surface area contributed by atoms with Crippen LogP contribution in [0.15, 0.2) is 9.59 Å². The molecule has 15 heavy (non-hydrogen) atoms. The van der Waals surface area contributed by atoms with Crippen LogP contribution in [0.5, 0.6) is 0 Å². The van der Waals surface area contributed by atoms with Gasteiger partial charge in [0.25, 0.3) is 5.56 Å². The number of nitrogens with two attached hydrogens (primary N) is 1. The topological polar surface area (TPSA) is 99.1 Å². The average Bonchev–Trinajstić information content (AvgIpc) is 2.18. The highest BCUT2D eigenvalue weighted by atomic mass is 16.2. The molecule has 1 rings (SSSR count). The van der Waals surface area contributed by atoms with E-state index >= 15 is 0 Å². The highest BCUT2D eigenvalue weighted by molar-refractivity contribution is 5.91. The van der Waals surface area contributed by atoms with E-state index in [0.717, 1.165) is 9.13 Å². The molecular formula is C8H12N4O3. The highest BCUT2D eigenvalue weighted by Crippen LogP contribution is 2.08. The van der Waals surface area contributed by atoms with Crippen molar-refractivity contribution in [1.82, 2.24) is 9.13 Å². The summed E-state index contributed by atoms with van der Waals surface area (Å²) in [7, 11) is 2.73. The number of hydrogen-bond donors (Lipinski definition) is 2. The predicted octanol–water partition coefficient (Wildman–Crippen LogP) is -1.38. The fourth-order valence-corrected chi connectivity index (χ4v) is 1.15. The van der Waals surface area contributed by atoms with E-state index < -0.39 is 17.2 Å². The van der Waals surface area contributed by atoms with Crippen LogP contribution in [-0.2, 0) is 18.9 Å². The Morgan fingerprint density at radius 3 is 2.27 bits per heavy atom. The maximum Gasteiger partial charge on any atom is 0.332 e. The van der Waals surface area contributed by atoms with E-state index in [1.54, 1.807) is 0 Å². The summed E-state index contributed by atoms with van der Waals surface area (Å²) in [5.74, 6) is -0.476.